The van der Waals surface area contributed by atoms with Gasteiger partial charge in [0.1, 0.15) is 11.8 Å². The van der Waals surface area contributed by atoms with E-state index in [1.807, 2.05) is 41.3 Å². The average molecular weight is 564 g/mol. The number of amides is 2. The van der Waals surface area contributed by atoms with Crippen LogP contribution in [0.2, 0.25) is 5.02 Å². The number of benzene rings is 3. The van der Waals surface area contributed by atoms with Crippen molar-refractivity contribution in [2.75, 3.05) is 16.9 Å². The number of Topliss-reactive ketones (excluding diaryl/α,β-unsaturated/α-hetero) is 1. The number of hydrogen-bond acceptors (Lipinski definition) is 5. The standard InChI is InChI=1S/C28H20BrClN2O4/c1-36-22-13-7-16(14-19(22)29)26(33)25-24-23(21-12-6-15-4-2-3-5-20(15)32(21)25)27(34)31(28(24)35)18-10-8-17(30)9-11-18/h2-14,21,23-25H,1H3/t21-,23-,24+,25-/m1/s1. The highest BCUT2D eigenvalue weighted by atomic mass is 79.9. The lowest BCUT2D eigenvalue weighted by molar-refractivity contribution is -0.122. The maximum absolute atomic E-state index is 14.1. The van der Waals surface area contributed by atoms with Gasteiger partial charge in [0.15, 0.2) is 5.78 Å². The number of hydrogen-bond donors (Lipinski definition) is 0. The molecule has 3 aromatic rings. The molecule has 3 aromatic carbocycles. The second-order valence-corrected chi connectivity index (χ2v) is 10.3. The summed E-state index contributed by atoms with van der Waals surface area (Å²) in [6.45, 7) is 0. The lowest BCUT2D eigenvalue weighted by Crippen LogP contribution is -2.48. The number of nitrogens with zero attached hydrogens (tertiary/aromatic N) is 2. The summed E-state index contributed by atoms with van der Waals surface area (Å²) in [5.41, 5.74) is 2.67. The van der Waals surface area contributed by atoms with Gasteiger partial charge in [0.2, 0.25) is 11.8 Å². The Balaban J connectivity index is 1.48. The van der Waals surface area contributed by atoms with E-state index in [-0.39, 0.29) is 17.6 Å². The van der Waals surface area contributed by atoms with Crippen LogP contribution >= 0.6 is 27.5 Å². The second kappa shape index (κ2) is 8.61. The molecule has 0 unspecified atom stereocenters. The zero-order valence-corrected chi connectivity index (χ0v) is 21.4. The van der Waals surface area contributed by atoms with Crippen LogP contribution in [-0.2, 0) is 9.59 Å². The topological polar surface area (TPSA) is 66.9 Å². The Morgan fingerprint density at radius 2 is 1.69 bits per heavy atom. The monoisotopic (exact) mass is 562 g/mol. The molecule has 3 heterocycles. The summed E-state index contributed by atoms with van der Waals surface area (Å²) in [5, 5.41) is 0.508. The number of carbonyl (C=O) groups is 3. The zero-order valence-electron chi connectivity index (χ0n) is 19.1. The minimum absolute atomic E-state index is 0.222. The van der Waals surface area contributed by atoms with Gasteiger partial charge in [-0.3, -0.25) is 14.4 Å². The van der Waals surface area contributed by atoms with Crippen LogP contribution in [0.15, 0.2) is 77.3 Å². The summed E-state index contributed by atoms with van der Waals surface area (Å²) >= 11 is 9.49. The van der Waals surface area contributed by atoms with E-state index in [9.17, 15) is 14.4 Å². The maximum Gasteiger partial charge on any atom is 0.240 e. The van der Waals surface area contributed by atoms with E-state index in [2.05, 4.69) is 15.9 Å². The first kappa shape index (κ1) is 23.0. The van der Waals surface area contributed by atoms with Gasteiger partial charge < -0.3 is 9.64 Å². The fourth-order valence-electron chi connectivity index (χ4n) is 5.65. The summed E-state index contributed by atoms with van der Waals surface area (Å²) in [6, 6.07) is 18.2. The van der Waals surface area contributed by atoms with E-state index in [0.717, 1.165) is 11.3 Å². The Bertz CT molecular complexity index is 1450. The van der Waals surface area contributed by atoms with E-state index in [4.69, 9.17) is 16.3 Å². The summed E-state index contributed by atoms with van der Waals surface area (Å²) in [5.74, 6) is -1.83. The van der Waals surface area contributed by atoms with E-state index >= 15 is 0 Å². The molecule has 0 saturated carbocycles. The highest BCUT2D eigenvalue weighted by Gasteiger charge is 2.64. The summed E-state index contributed by atoms with van der Waals surface area (Å²) < 4.78 is 5.95. The zero-order chi connectivity index (χ0) is 25.1. The molecule has 0 spiro atoms. The Kier molecular flexibility index (Phi) is 5.50. The molecule has 3 aliphatic heterocycles. The summed E-state index contributed by atoms with van der Waals surface area (Å²) in [6.07, 6.45) is 3.90. The Morgan fingerprint density at radius 3 is 2.42 bits per heavy atom. The lowest BCUT2D eigenvalue weighted by atomic mass is 9.86. The van der Waals surface area contributed by atoms with Gasteiger partial charge in [-0.15, -0.1) is 0 Å². The molecule has 2 fully saturated rings. The van der Waals surface area contributed by atoms with Gasteiger partial charge in [-0.2, -0.15) is 0 Å². The molecule has 0 aliphatic carbocycles. The third kappa shape index (κ3) is 3.33. The number of ether oxygens (including phenoxy) is 1. The number of methoxy groups -OCH3 is 1. The molecule has 3 aliphatic rings. The van der Waals surface area contributed by atoms with Crippen molar-refractivity contribution in [1.29, 1.82) is 0 Å². The maximum atomic E-state index is 14.1. The number of ketones is 1. The molecule has 0 bridgehead atoms. The van der Waals surface area contributed by atoms with Crippen molar-refractivity contribution in [2.24, 2.45) is 11.8 Å². The van der Waals surface area contributed by atoms with E-state index in [1.54, 1.807) is 49.6 Å². The van der Waals surface area contributed by atoms with Crippen LogP contribution in [0.5, 0.6) is 5.75 Å². The van der Waals surface area contributed by atoms with Crippen molar-refractivity contribution < 1.29 is 19.1 Å². The van der Waals surface area contributed by atoms with Gasteiger partial charge >= 0.3 is 0 Å². The smallest absolute Gasteiger partial charge is 0.240 e. The van der Waals surface area contributed by atoms with Crippen molar-refractivity contribution in [2.45, 2.75) is 12.1 Å². The van der Waals surface area contributed by atoms with Crippen LogP contribution in [0.1, 0.15) is 15.9 Å². The molecule has 36 heavy (non-hydrogen) atoms. The average Bonchev–Trinajstić information content (AvgIpc) is 3.37. The second-order valence-electron chi connectivity index (χ2n) is 9.01. The van der Waals surface area contributed by atoms with Crippen LogP contribution < -0.4 is 14.5 Å². The molecule has 6 nitrogen and oxygen atoms in total. The van der Waals surface area contributed by atoms with Crippen LogP contribution in [0.3, 0.4) is 0 Å². The molecule has 0 radical (unpaired) electrons. The van der Waals surface area contributed by atoms with Gasteiger partial charge in [0, 0.05) is 16.3 Å². The van der Waals surface area contributed by atoms with Crippen LogP contribution in [0.25, 0.3) is 6.08 Å². The van der Waals surface area contributed by atoms with Crippen molar-refractivity contribution in [3.05, 3.63) is 93.4 Å². The van der Waals surface area contributed by atoms with Crippen molar-refractivity contribution >= 4 is 62.6 Å². The van der Waals surface area contributed by atoms with Gasteiger partial charge in [-0.05, 0) is 70.0 Å². The van der Waals surface area contributed by atoms with Crippen LogP contribution in [-0.4, -0.2) is 36.8 Å². The predicted molar refractivity (Wildman–Crippen MR) is 141 cm³/mol. The molecular weight excluding hydrogens is 544 g/mol. The summed E-state index contributed by atoms with van der Waals surface area (Å²) in [7, 11) is 1.55. The van der Waals surface area contributed by atoms with Crippen LogP contribution in [0, 0.1) is 11.8 Å². The third-order valence-electron chi connectivity index (χ3n) is 7.20. The third-order valence-corrected chi connectivity index (χ3v) is 8.08. The van der Waals surface area contributed by atoms with E-state index in [0.29, 0.717) is 26.5 Å². The molecule has 0 aromatic heterocycles. The number of anilines is 2. The van der Waals surface area contributed by atoms with Crippen LogP contribution in [0.4, 0.5) is 11.4 Å². The SMILES string of the molecule is COc1ccc(C(=O)[C@H]2[C@H]3C(=O)N(c4ccc(Cl)cc4)C(=O)[C@@H]3[C@H]3C=Cc4ccccc4N32)cc1Br. The highest BCUT2D eigenvalue weighted by molar-refractivity contribution is 9.10. The number of fused-ring (bicyclic) bond motifs is 5. The Labute approximate surface area is 221 Å². The highest BCUT2D eigenvalue weighted by Crippen LogP contribution is 2.50. The number of imide groups is 1. The predicted octanol–water partition coefficient (Wildman–Crippen LogP) is 5.38. The fourth-order valence-corrected chi connectivity index (χ4v) is 6.32. The molecular formula is C28H20BrClN2O4. The molecule has 4 atom stereocenters. The van der Waals surface area contributed by atoms with Gasteiger partial charge in [-0.1, -0.05) is 42.0 Å². The Hall–Kier alpha value is -3.42. The fraction of sp³-hybridized carbons (Fsp3) is 0.179. The van der Waals surface area contributed by atoms with Crippen molar-refractivity contribution in [3.8, 4) is 5.75 Å². The number of halogens is 2. The first-order valence-electron chi connectivity index (χ1n) is 11.5. The van der Waals surface area contributed by atoms with E-state index < -0.39 is 23.9 Å². The molecule has 0 N–H and O–H groups in total. The van der Waals surface area contributed by atoms with Gasteiger partial charge in [0.05, 0.1) is 35.1 Å². The van der Waals surface area contributed by atoms with E-state index in [1.165, 1.54) is 4.90 Å². The van der Waals surface area contributed by atoms with Gasteiger partial charge in [0.25, 0.3) is 0 Å². The molecule has 180 valence electrons. The quantitative estimate of drug-likeness (QED) is 0.315. The molecule has 8 heteroatoms. The lowest BCUT2D eigenvalue weighted by Gasteiger charge is -2.36. The van der Waals surface area contributed by atoms with Gasteiger partial charge in [-0.25, -0.2) is 4.90 Å². The number of rotatable bonds is 4. The van der Waals surface area contributed by atoms with Crippen molar-refractivity contribution in [1.82, 2.24) is 0 Å². The van der Waals surface area contributed by atoms with Crippen molar-refractivity contribution in [3.63, 3.8) is 0 Å². The number of para-hydroxylation sites is 1. The molecule has 2 saturated heterocycles. The largest absolute Gasteiger partial charge is 0.496 e. The number of carbonyl (C=O) groups excluding carboxylic acids is 3. The first-order valence-corrected chi connectivity index (χ1v) is 12.6. The minimum atomic E-state index is -0.847. The molecule has 6 rings (SSSR count). The normalized spacial score (nSPS) is 24.0. The molecule has 2 amide bonds. The Morgan fingerprint density at radius 1 is 0.972 bits per heavy atom. The summed E-state index contributed by atoms with van der Waals surface area (Å²) in [4.78, 5) is 44.9. The first-order chi connectivity index (χ1) is 17.4. The minimum Gasteiger partial charge on any atom is -0.496 e.